The third kappa shape index (κ3) is 4.52. The Balaban J connectivity index is 2.59. The summed E-state index contributed by atoms with van der Waals surface area (Å²) in [6.07, 6.45) is 2.19. The van der Waals surface area contributed by atoms with E-state index < -0.39 is 0 Å². The fourth-order valence-electron chi connectivity index (χ4n) is 1.23. The van der Waals surface area contributed by atoms with Gasteiger partial charge in [0.25, 0.3) is 0 Å². The molecule has 18 heavy (non-hydrogen) atoms. The lowest BCUT2D eigenvalue weighted by molar-refractivity contribution is -0.145. The molecule has 0 spiro atoms. The summed E-state index contributed by atoms with van der Waals surface area (Å²) in [5, 5.41) is 0. The third-order valence-corrected chi connectivity index (χ3v) is 2.18. The van der Waals surface area contributed by atoms with Gasteiger partial charge < -0.3 is 15.4 Å². The molecule has 0 saturated carbocycles. The number of hydrogen-bond acceptors (Lipinski definition) is 7. The maximum Gasteiger partial charge on any atom is 0.306 e. The van der Waals surface area contributed by atoms with Crippen LogP contribution < -0.4 is 10.6 Å². The molecule has 0 fully saturated rings. The molecule has 100 valence electrons. The largest absolute Gasteiger partial charge is 0.457 e. The van der Waals surface area contributed by atoms with Crippen molar-refractivity contribution in [3.8, 4) is 0 Å². The average molecular weight is 253 g/mol. The van der Waals surface area contributed by atoms with E-state index in [0.717, 1.165) is 12.8 Å². The number of aromatic nitrogens is 3. The molecular weight excluding hydrogens is 234 g/mol. The van der Waals surface area contributed by atoms with E-state index in [1.165, 1.54) is 0 Å². The van der Waals surface area contributed by atoms with Gasteiger partial charge in [-0.1, -0.05) is 13.3 Å². The summed E-state index contributed by atoms with van der Waals surface area (Å²) in [6, 6.07) is 0. The van der Waals surface area contributed by atoms with E-state index in [2.05, 4.69) is 15.0 Å². The van der Waals surface area contributed by atoms with Crippen LogP contribution in [0, 0.1) is 0 Å². The summed E-state index contributed by atoms with van der Waals surface area (Å²) in [4.78, 5) is 25.1. The Morgan fingerprint density at radius 2 is 2.06 bits per heavy atom. The molecule has 7 heteroatoms. The Morgan fingerprint density at radius 1 is 1.33 bits per heavy atom. The molecule has 0 aliphatic heterocycles. The maximum absolute atomic E-state index is 11.3. The van der Waals surface area contributed by atoms with Gasteiger partial charge in [-0.2, -0.15) is 15.0 Å². The van der Waals surface area contributed by atoms with E-state index in [9.17, 15) is 4.79 Å². The average Bonchev–Trinajstić information content (AvgIpc) is 2.33. The molecule has 1 heterocycles. The molecule has 0 atom stereocenters. The first-order chi connectivity index (χ1) is 8.52. The molecule has 0 aliphatic rings. The van der Waals surface area contributed by atoms with E-state index >= 15 is 0 Å². The lowest BCUT2D eigenvalue weighted by atomic mass is 10.2. The molecule has 0 bridgehead atoms. The number of rotatable bonds is 6. The predicted molar refractivity (Wildman–Crippen MR) is 67.9 cm³/mol. The van der Waals surface area contributed by atoms with Crippen molar-refractivity contribution in [2.45, 2.75) is 32.8 Å². The van der Waals surface area contributed by atoms with Crippen LogP contribution in [0.15, 0.2) is 0 Å². The molecule has 1 aromatic rings. The van der Waals surface area contributed by atoms with Gasteiger partial charge in [-0.05, 0) is 6.42 Å². The van der Waals surface area contributed by atoms with Crippen LogP contribution in [0.4, 0.5) is 11.9 Å². The summed E-state index contributed by atoms with van der Waals surface area (Å²) in [5.74, 6) is 0.675. The van der Waals surface area contributed by atoms with E-state index in [1.807, 2.05) is 6.92 Å². The van der Waals surface area contributed by atoms with Crippen LogP contribution in [0.5, 0.6) is 0 Å². The number of anilines is 2. The van der Waals surface area contributed by atoms with Crippen molar-refractivity contribution < 1.29 is 9.53 Å². The second-order valence-electron chi connectivity index (χ2n) is 4.07. The summed E-state index contributed by atoms with van der Waals surface area (Å²) >= 11 is 0. The van der Waals surface area contributed by atoms with Crippen molar-refractivity contribution in [1.29, 1.82) is 0 Å². The van der Waals surface area contributed by atoms with Gasteiger partial charge in [-0.3, -0.25) is 4.79 Å². The number of nitrogen functional groups attached to an aromatic ring is 1. The maximum atomic E-state index is 11.3. The first-order valence-corrected chi connectivity index (χ1v) is 5.86. The third-order valence-electron chi connectivity index (χ3n) is 2.18. The van der Waals surface area contributed by atoms with Gasteiger partial charge in [0.2, 0.25) is 11.9 Å². The molecule has 0 saturated heterocycles. The normalized spacial score (nSPS) is 10.2. The Hall–Kier alpha value is -1.92. The SMILES string of the molecule is CCCCC(=O)OCc1nc(N)nc(N(C)C)n1. The minimum atomic E-state index is -0.248. The second-order valence-corrected chi connectivity index (χ2v) is 4.07. The highest BCUT2D eigenvalue weighted by molar-refractivity contribution is 5.69. The van der Waals surface area contributed by atoms with Crippen molar-refractivity contribution in [3.63, 3.8) is 0 Å². The molecule has 0 aliphatic carbocycles. The summed E-state index contributed by atoms with van der Waals surface area (Å²) < 4.78 is 5.05. The van der Waals surface area contributed by atoms with Crippen LogP contribution >= 0.6 is 0 Å². The molecule has 0 amide bonds. The lowest BCUT2D eigenvalue weighted by Crippen LogP contribution is -2.17. The molecule has 0 unspecified atom stereocenters. The number of carbonyl (C=O) groups is 1. The lowest BCUT2D eigenvalue weighted by Gasteiger charge is -2.11. The number of unbranched alkanes of at least 4 members (excludes halogenated alkanes) is 1. The van der Waals surface area contributed by atoms with Crippen molar-refractivity contribution in [3.05, 3.63) is 5.82 Å². The fourth-order valence-corrected chi connectivity index (χ4v) is 1.23. The molecule has 1 aromatic heterocycles. The molecule has 0 aromatic carbocycles. The summed E-state index contributed by atoms with van der Waals surface area (Å²) in [7, 11) is 3.59. The molecular formula is C11H19N5O2. The van der Waals surface area contributed by atoms with Gasteiger partial charge in [0, 0.05) is 20.5 Å². The van der Waals surface area contributed by atoms with Crippen molar-refractivity contribution in [1.82, 2.24) is 15.0 Å². The highest BCUT2D eigenvalue weighted by Gasteiger charge is 2.08. The minimum Gasteiger partial charge on any atom is -0.457 e. The van der Waals surface area contributed by atoms with Gasteiger partial charge in [-0.15, -0.1) is 0 Å². The van der Waals surface area contributed by atoms with Gasteiger partial charge in [0.05, 0.1) is 0 Å². The predicted octanol–water partition coefficient (Wildman–Crippen LogP) is 0.753. The molecule has 2 N–H and O–H groups in total. The standard InChI is InChI=1S/C11H19N5O2/c1-4-5-6-9(17)18-7-8-13-10(12)15-11(14-8)16(2)3/h4-7H2,1-3H3,(H2,12,13,14,15). The first kappa shape index (κ1) is 14.1. The summed E-state index contributed by atoms with van der Waals surface area (Å²) in [5.41, 5.74) is 5.55. The van der Waals surface area contributed by atoms with Gasteiger partial charge in [0.15, 0.2) is 12.4 Å². The van der Waals surface area contributed by atoms with Crippen molar-refractivity contribution >= 4 is 17.9 Å². The topological polar surface area (TPSA) is 94.2 Å². The smallest absolute Gasteiger partial charge is 0.306 e. The van der Waals surface area contributed by atoms with Crippen molar-refractivity contribution in [2.24, 2.45) is 0 Å². The van der Waals surface area contributed by atoms with Crippen LogP contribution in [0.25, 0.3) is 0 Å². The zero-order chi connectivity index (χ0) is 13.5. The highest BCUT2D eigenvalue weighted by atomic mass is 16.5. The number of nitrogens with two attached hydrogens (primary N) is 1. The van der Waals surface area contributed by atoms with E-state index in [4.69, 9.17) is 10.5 Å². The number of ether oxygens (including phenoxy) is 1. The first-order valence-electron chi connectivity index (χ1n) is 5.86. The Bertz CT molecular complexity index is 408. The Morgan fingerprint density at radius 3 is 2.67 bits per heavy atom. The van der Waals surface area contributed by atoms with Gasteiger partial charge in [0.1, 0.15) is 0 Å². The fraction of sp³-hybridized carbons (Fsp3) is 0.636. The van der Waals surface area contributed by atoms with Crippen LogP contribution in [0.2, 0.25) is 0 Å². The van der Waals surface area contributed by atoms with Crippen LogP contribution in [0.3, 0.4) is 0 Å². The van der Waals surface area contributed by atoms with Crippen LogP contribution in [0.1, 0.15) is 32.0 Å². The van der Waals surface area contributed by atoms with Gasteiger partial charge in [-0.25, -0.2) is 0 Å². The molecule has 7 nitrogen and oxygen atoms in total. The van der Waals surface area contributed by atoms with Gasteiger partial charge >= 0.3 is 5.97 Å². The Kier molecular flexibility index (Phi) is 5.29. The number of carbonyl (C=O) groups excluding carboxylic acids is 1. The quantitative estimate of drug-likeness (QED) is 0.747. The summed E-state index contributed by atoms with van der Waals surface area (Å²) in [6.45, 7) is 2.04. The zero-order valence-corrected chi connectivity index (χ0v) is 11.0. The van der Waals surface area contributed by atoms with Crippen molar-refractivity contribution in [2.75, 3.05) is 24.7 Å². The number of esters is 1. The molecule has 1 rings (SSSR count). The van der Waals surface area contributed by atoms with E-state index in [1.54, 1.807) is 19.0 Å². The Labute approximate surface area is 106 Å². The highest BCUT2D eigenvalue weighted by Crippen LogP contribution is 2.07. The monoisotopic (exact) mass is 253 g/mol. The van der Waals surface area contributed by atoms with Crippen LogP contribution in [-0.4, -0.2) is 35.0 Å². The van der Waals surface area contributed by atoms with E-state index in [-0.39, 0.29) is 18.5 Å². The van der Waals surface area contributed by atoms with Crippen LogP contribution in [-0.2, 0) is 16.1 Å². The number of nitrogens with zero attached hydrogens (tertiary/aromatic N) is 4. The minimum absolute atomic E-state index is 0.0239. The molecule has 0 radical (unpaired) electrons. The van der Waals surface area contributed by atoms with E-state index in [0.29, 0.717) is 18.2 Å². The second kappa shape index (κ2) is 6.73. The number of hydrogen-bond donors (Lipinski definition) is 1. The zero-order valence-electron chi connectivity index (χ0n) is 11.0.